The molecule has 1 aliphatic heterocycles. The summed E-state index contributed by atoms with van der Waals surface area (Å²) < 4.78 is 28.9. The highest BCUT2D eigenvalue weighted by atomic mass is 32.2. The van der Waals surface area contributed by atoms with E-state index in [0.717, 1.165) is 38.9 Å². The molecule has 1 aliphatic rings. The number of hydrogen-bond acceptors (Lipinski definition) is 4. The van der Waals surface area contributed by atoms with Gasteiger partial charge in [0.25, 0.3) is 0 Å². The van der Waals surface area contributed by atoms with Crippen LogP contribution in [0.3, 0.4) is 0 Å². The van der Waals surface area contributed by atoms with Gasteiger partial charge in [-0.3, -0.25) is 4.68 Å². The summed E-state index contributed by atoms with van der Waals surface area (Å²) in [4.78, 5) is 2.65. The van der Waals surface area contributed by atoms with Crippen molar-refractivity contribution < 1.29 is 8.42 Å². The summed E-state index contributed by atoms with van der Waals surface area (Å²) in [5, 5.41) is 4.02. The zero-order valence-electron chi connectivity index (χ0n) is 12.2. The average Bonchev–Trinajstić information content (AvgIpc) is 2.91. The van der Waals surface area contributed by atoms with E-state index in [9.17, 15) is 8.42 Å². The molecule has 0 spiro atoms. The maximum absolute atomic E-state index is 12.3. The Morgan fingerprint density at radius 3 is 2.60 bits per heavy atom. The number of likely N-dealkylation sites (tertiary alicyclic amines) is 1. The Hall–Kier alpha value is -0.920. The third kappa shape index (κ3) is 3.80. The Kier molecular flexibility index (Phi) is 5.17. The van der Waals surface area contributed by atoms with Crippen LogP contribution in [-0.2, 0) is 16.6 Å². The molecule has 0 saturated carbocycles. The lowest BCUT2D eigenvalue weighted by Crippen LogP contribution is -2.44. The molecule has 1 N–H and O–H groups in total. The van der Waals surface area contributed by atoms with Crippen LogP contribution >= 0.6 is 0 Å². The summed E-state index contributed by atoms with van der Waals surface area (Å²) in [7, 11) is -3.43. The SMILES string of the molecule is CCCN1CCC(NS(=O)(=O)c2cnn(CC)c2)CC1. The Labute approximate surface area is 121 Å². The fourth-order valence-corrected chi connectivity index (χ4v) is 3.79. The van der Waals surface area contributed by atoms with Crippen molar-refractivity contribution in [3.8, 4) is 0 Å². The molecule has 1 fully saturated rings. The molecule has 0 atom stereocenters. The van der Waals surface area contributed by atoms with Crippen molar-refractivity contribution in [1.29, 1.82) is 0 Å². The minimum Gasteiger partial charge on any atom is -0.303 e. The van der Waals surface area contributed by atoms with Gasteiger partial charge in [0, 0.05) is 18.8 Å². The van der Waals surface area contributed by atoms with E-state index in [1.807, 2.05) is 6.92 Å². The van der Waals surface area contributed by atoms with E-state index in [0.29, 0.717) is 6.54 Å². The van der Waals surface area contributed by atoms with Gasteiger partial charge < -0.3 is 4.90 Å². The number of aromatic nitrogens is 2. The van der Waals surface area contributed by atoms with Crippen LogP contribution < -0.4 is 4.72 Å². The quantitative estimate of drug-likeness (QED) is 0.853. The van der Waals surface area contributed by atoms with Crippen molar-refractivity contribution in [2.24, 2.45) is 0 Å². The fourth-order valence-electron chi connectivity index (χ4n) is 2.53. The Morgan fingerprint density at radius 2 is 2.05 bits per heavy atom. The molecule has 7 heteroatoms. The van der Waals surface area contributed by atoms with Crippen LogP contribution in [0.1, 0.15) is 33.1 Å². The lowest BCUT2D eigenvalue weighted by molar-refractivity contribution is 0.208. The van der Waals surface area contributed by atoms with Crippen LogP contribution in [0.25, 0.3) is 0 Å². The summed E-state index contributed by atoms with van der Waals surface area (Å²) in [6.45, 7) is 7.80. The predicted octanol–water partition coefficient (Wildman–Crippen LogP) is 1.06. The lowest BCUT2D eigenvalue weighted by atomic mass is 10.1. The van der Waals surface area contributed by atoms with Crippen molar-refractivity contribution in [3.05, 3.63) is 12.4 Å². The predicted molar refractivity (Wildman–Crippen MR) is 78.0 cm³/mol. The Bertz CT molecular complexity index is 518. The molecule has 0 bridgehead atoms. The minimum absolute atomic E-state index is 0.0399. The largest absolute Gasteiger partial charge is 0.303 e. The number of hydrogen-bond donors (Lipinski definition) is 1. The zero-order valence-corrected chi connectivity index (χ0v) is 13.1. The van der Waals surface area contributed by atoms with Gasteiger partial charge in [-0.25, -0.2) is 13.1 Å². The molecule has 1 aromatic rings. The number of rotatable bonds is 6. The van der Waals surface area contributed by atoms with E-state index in [1.165, 1.54) is 6.20 Å². The Balaban J connectivity index is 1.92. The normalized spacial score (nSPS) is 18.5. The average molecular weight is 300 g/mol. The van der Waals surface area contributed by atoms with Gasteiger partial charge in [0.2, 0.25) is 10.0 Å². The lowest BCUT2D eigenvalue weighted by Gasteiger charge is -2.31. The molecule has 0 aliphatic carbocycles. The summed E-state index contributed by atoms with van der Waals surface area (Å²) in [5.41, 5.74) is 0. The van der Waals surface area contributed by atoms with Gasteiger partial charge in [-0.15, -0.1) is 0 Å². The second kappa shape index (κ2) is 6.69. The highest BCUT2D eigenvalue weighted by Crippen LogP contribution is 2.14. The molecule has 2 rings (SSSR count). The van der Waals surface area contributed by atoms with Gasteiger partial charge in [-0.2, -0.15) is 5.10 Å². The first-order chi connectivity index (χ1) is 9.55. The smallest absolute Gasteiger partial charge is 0.243 e. The molecule has 6 nitrogen and oxygen atoms in total. The van der Waals surface area contributed by atoms with E-state index in [-0.39, 0.29) is 10.9 Å². The van der Waals surface area contributed by atoms with Crippen LogP contribution in [0.4, 0.5) is 0 Å². The summed E-state index contributed by atoms with van der Waals surface area (Å²) in [6, 6.07) is 0.0399. The van der Waals surface area contributed by atoms with Crippen molar-refractivity contribution >= 4 is 10.0 Å². The van der Waals surface area contributed by atoms with E-state index < -0.39 is 10.0 Å². The fraction of sp³-hybridized carbons (Fsp3) is 0.769. The van der Waals surface area contributed by atoms with Crippen LogP contribution in [0.2, 0.25) is 0 Å². The molecular weight excluding hydrogens is 276 g/mol. The van der Waals surface area contributed by atoms with Gasteiger partial charge >= 0.3 is 0 Å². The molecule has 0 amide bonds. The third-order valence-electron chi connectivity index (χ3n) is 3.69. The number of nitrogens with one attached hydrogen (secondary N) is 1. The first kappa shape index (κ1) is 15.5. The molecule has 20 heavy (non-hydrogen) atoms. The van der Waals surface area contributed by atoms with Gasteiger partial charge in [0.15, 0.2) is 0 Å². The molecule has 0 radical (unpaired) electrons. The molecule has 2 heterocycles. The molecular formula is C13H24N4O2S. The topological polar surface area (TPSA) is 67.2 Å². The van der Waals surface area contributed by atoms with Crippen molar-refractivity contribution in [2.75, 3.05) is 19.6 Å². The first-order valence-electron chi connectivity index (χ1n) is 7.32. The van der Waals surface area contributed by atoms with Crippen molar-refractivity contribution in [3.63, 3.8) is 0 Å². The highest BCUT2D eigenvalue weighted by Gasteiger charge is 2.25. The zero-order chi connectivity index (χ0) is 14.6. The monoisotopic (exact) mass is 300 g/mol. The number of nitrogens with zero attached hydrogens (tertiary/aromatic N) is 3. The van der Waals surface area contributed by atoms with E-state index in [4.69, 9.17) is 0 Å². The molecule has 114 valence electrons. The maximum Gasteiger partial charge on any atom is 0.243 e. The standard InChI is InChI=1S/C13H24N4O2S/c1-3-7-16-8-5-12(6-9-16)15-20(18,19)13-10-14-17(4-2)11-13/h10-12,15H,3-9H2,1-2H3. The summed E-state index contributed by atoms with van der Waals surface area (Å²) in [5.74, 6) is 0. The third-order valence-corrected chi connectivity index (χ3v) is 5.17. The van der Waals surface area contributed by atoms with Crippen molar-refractivity contribution in [1.82, 2.24) is 19.4 Å². The highest BCUT2D eigenvalue weighted by molar-refractivity contribution is 7.89. The number of aryl methyl sites for hydroxylation is 1. The maximum atomic E-state index is 12.3. The first-order valence-corrected chi connectivity index (χ1v) is 8.80. The molecule has 1 saturated heterocycles. The van der Waals surface area contributed by atoms with E-state index in [2.05, 4.69) is 21.6 Å². The van der Waals surface area contributed by atoms with E-state index >= 15 is 0 Å². The van der Waals surface area contributed by atoms with Gasteiger partial charge in [-0.05, 0) is 45.8 Å². The van der Waals surface area contributed by atoms with Crippen LogP contribution in [-0.4, -0.2) is 48.8 Å². The molecule has 1 aromatic heterocycles. The number of piperidine rings is 1. The van der Waals surface area contributed by atoms with Crippen LogP contribution in [0.5, 0.6) is 0 Å². The van der Waals surface area contributed by atoms with Crippen molar-refractivity contribution in [2.45, 2.75) is 50.6 Å². The van der Waals surface area contributed by atoms with Crippen LogP contribution in [0.15, 0.2) is 17.3 Å². The summed E-state index contributed by atoms with van der Waals surface area (Å²) in [6.07, 6.45) is 5.89. The van der Waals surface area contributed by atoms with Gasteiger partial charge in [0.05, 0.1) is 6.20 Å². The second-order valence-corrected chi connectivity index (χ2v) is 6.98. The molecule has 0 aromatic carbocycles. The second-order valence-electron chi connectivity index (χ2n) is 5.27. The minimum atomic E-state index is -3.43. The van der Waals surface area contributed by atoms with Crippen LogP contribution in [0, 0.1) is 0 Å². The molecule has 0 unspecified atom stereocenters. The van der Waals surface area contributed by atoms with E-state index in [1.54, 1.807) is 10.9 Å². The van der Waals surface area contributed by atoms with Gasteiger partial charge in [0.1, 0.15) is 4.90 Å². The summed E-state index contributed by atoms with van der Waals surface area (Å²) >= 11 is 0. The number of sulfonamides is 1. The van der Waals surface area contributed by atoms with Gasteiger partial charge in [-0.1, -0.05) is 6.92 Å². The Morgan fingerprint density at radius 1 is 1.35 bits per heavy atom.